The van der Waals surface area contributed by atoms with Gasteiger partial charge in [0, 0.05) is 17.5 Å². The van der Waals surface area contributed by atoms with Crippen molar-refractivity contribution in [1.82, 2.24) is 0 Å². The molecule has 2 N–H and O–H groups in total. The summed E-state index contributed by atoms with van der Waals surface area (Å²) in [7, 11) is 0. The zero-order valence-corrected chi connectivity index (χ0v) is 10.0. The molecule has 0 bridgehead atoms. The molecule has 0 radical (unpaired) electrons. The van der Waals surface area contributed by atoms with Crippen LogP contribution in [0.3, 0.4) is 0 Å². The Hall–Kier alpha value is -1.17. The molecule has 20 heavy (non-hydrogen) atoms. The normalized spacial score (nSPS) is 11.9. The number of ketones is 1. The molecule has 3 rings (SSSR count). The van der Waals surface area contributed by atoms with Gasteiger partial charge in [0.15, 0.2) is 0 Å². The van der Waals surface area contributed by atoms with Crippen molar-refractivity contribution in [2.75, 3.05) is 0 Å². The number of fused-ring (bicyclic) bond motifs is 2. The van der Waals surface area contributed by atoms with E-state index in [2.05, 4.69) is 0 Å². The molecule has 0 spiro atoms. The van der Waals surface area contributed by atoms with Crippen molar-refractivity contribution in [2.24, 2.45) is 0 Å². The van der Waals surface area contributed by atoms with E-state index >= 15 is 0 Å². The average Bonchev–Trinajstić information content (AvgIpc) is 2.43. The minimum atomic E-state index is -1.98. The third-order valence-corrected chi connectivity index (χ3v) is 3.15. The van der Waals surface area contributed by atoms with Crippen LogP contribution >= 0.6 is 0 Å². The van der Waals surface area contributed by atoms with Crippen LogP contribution in [0.1, 0.15) is 21.5 Å². The second-order valence-corrected chi connectivity index (χ2v) is 4.45. The van der Waals surface area contributed by atoms with Gasteiger partial charge in [0.1, 0.15) is 11.5 Å². The summed E-state index contributed by atoms with van der Waals surface area (Å²) in [6.45, 7) is 0. The number of para-hydroxylation sites is 1. The SMILES string of the molecule is O=C(c1ccc2c(c1)Cc1ccccc1O2)C(O)O.[NaH]. The summed E-state index contributed by atoms with van der Waals surface area (Å²) in [6.07, 6.45) is -1.32. The predicted octanol–water partition coefficient (Wildman–Crippen LogP) is 1.23. The Bertz CT molecular complexity index is 652. The Kier molecular flexibility index (Phi) is 4.62. The number of hydrogen-bond acceptors (Lipinski definition) is 4. The van der Waals surface area contributed by atoms with Crippen LogP contribution in [0.5, 0.6) is 11.5 Å². The van der Waals surface area contributed by atoms with Crippen LogP contribution in [0.2, 0.25) is 0 Å². The monoisotopic (exact) mass is 280 g/mol. The number of carbonyl (C=O) groups is 1. The van der Waals surface area contributed by atoms with Crippen LogP contribution in [0.15, 0.2) is 42.5 Å². The van der Waals surface area contributed by atoms with Gasteiger partial charge in [0.25, 0.3) is 0 Å². The first kappa shape index (κ1) is 15.2. The Labute approximate surface area is 138 Å². The van der Waals surface area contributed by atoms with Crippen LogP contribution in [0.25, 0.3) is 0 Å². The zero-order chi connectivity index (χ0) is 13.4. The van der Waals surface area contributed by atoms with Crippen LogP contribution < -0.4 is 4.74 Å². The van der Waals surface area contributed by atoms with E-state index in [-0.39, 0.29) is 35.1 Å². The first-order valence-electron chi connectivity index (χ1n) is 5.94. The number of rotatable bonds is 2. The number of hydrogen-bond donors (Lipinski definition) is 2. The summed E-state index contributed by atoms with van der Waals surface area (Å²) in [5, 5.41) is 17.8. The van der Waals surface area contributed by atoms with E-state index in [0.717, 1.165) is 16.9 Å². The van der Waals surface area contributed by atoms with Gasteiger partial charge in [-0.2, -0.15) is 0 Å². The maximum absolute atomic E-state index is 11.5. The van der Waals surface area contributed by atoms with Crippen LogP contribution in [-0.2, 0) is 6.42 Å². The van der Waals surface area contributed by atoms with Gasteiger partial charge in [0.2, 0.25) is 12.1 Å². The van der Waals surface area contributed by atoms with E-state index in [9.17, 15) is 4.79 Å². The molecule has 5 heteroatoms. The van der Waals surface area contributed by atoms with Gasteiger partial charge >= 0.3 is 29.6 Å². The average molecular weight is 280 g/mol. The van der Waals surface area contributed by atoms with Crippen LogP contribution in [0.4, 0.5) is 0 Å². The van der Waals surface area contributed by atoms with Gasteiger partial charge in [-0.1, -0.05) is 18.2 Å². The van der Waals surface area contributed by atoms with Crippen molar-refractivity contribution in [3.05, 3.63) is 59.2 Å². The van der Waals surface area contributed by atoms with Crippen molar-refractivity contribution in [2.45, 2.75) is 12.7 Å². The standard InChI is InChI=1S/C15H12O4.Na.H/c16-14(15(17)18)10-5-6-13-11(8-10)7-9-3-1-2-4-12(9)19-13;;/h1-6,8,15,17-18H,7H2;;. The third-order valence-electron chi connectivity index (χ3n) is 3.15. The summed E-state index contributed by atoms with van der Waals surface area (Å²) in [5.74, 6) is 0.806. The molecule has 0 unspecified atom stereocenters. The van der Waals surface area contributed by atoms with Gasteiger partial charge in [-0.15, -0.1) is 0 Å². The Morgan fingerprint density at radius 3 is 2.50 bits per heavy atom. The second-order valence-electron chi connectivity index (χ2n) is 4.45. The number of aliphatic hydroxyl groups is 2. The molecular formula is C15H13NaO4. The molecule has 0 atom stereocenters. The van der Waals surface area contributed by atoms with Crippen LogP contribution in [0, 0.1) is 0 Å². The molecule has 1 aliphatic rings. The molecule has 98 valence electrons. The van der Waals surface area contributed by atoms with Crippen molar-refractivity contribution in [3.8, 4) is 11.5 Å². The van der Waals surface area contributed by atoms with Gasteiger partial charge in [-0.25, -0.2) is 0 Å². The van der Waals surface area contributed by atoms with Gasteiger partial charge in [-0.05, 0) is 29.8 Å². The molecule has 1 aliphatic heterocycles. The molecule has 2 aromatic rings. The molecule has 0 amide bonds. The number of ether oxygens (including phenoxy) is 1. The maximum atomic E-state index is 11.5. The molecule has 0 aliphatic carbocycles. The topological polar surface area (TPSA) is 66.8 Å². The van der Waals surface area contributed by atoms with E-state index < -0.39 is 12.1 Å². The first-order valence-corrected chi connectivity index (χ1v) is 5.94. The van der Waals surface area contributed by atoms with Gasteiger partial charge in [0.05, 0.1) is 0 Å². The molecule has 1 heterocycles. The van der Waals surface area contributed by atoms with Crippen molar-refractivity contribution >= 4 is 35.3 Å². The quantitative estimate of drug-likeness (QED) is 0.421. The second kappa shape index (κ2) is 6.08. The first-order chi connectivity index (χ1) is 9.15. The molecule has 0 fully saturated rings. The molecule has 0 aromatic heterocycles. The van der Waals surface area contributed by atoms with E-state index in [1.165, 1.54) is 6.07 Å². The molecular weight excluding hydrogens is 267 g/mol. The summed E-state index contributed by atoms with van der Waals surface area (Å²) < 4.78 is 5.74. The summed E-state index contributed by atoms with van der Waals surface area (Å²) >= 11 is 0. The number of Topliss-reactive ketones (excluding diaryl/α,β-unsaturated/α-hetero) is 1. The number of aliphatic hydroxyl groups excluding tert-OH is 1. The van der Waals surface area contributed by atoms with Crippen molar-refractivity contribution < 1.29 is 19.7 Å². The molecule has 0 saturated carbocycles. The van der Waals surface area contributed by atoms with Crippen LogP contribution in [-0.4, -0.2) is 51.8 Å². The Morgan fingerprint density at radius 2 is 1.75 bits per heavy atom. The third kappa shape index (κ3) is 2.80. The summed E-state index contributed by atoms with van der Waals surface area (Å²) in [6, 6.07) is 12.6. The number of carbonyl (C=O) groups excluding carboxylic acids is 1. The zero-order valence-electron chi connectivity index (χ0n) is 10.0. The van der Waals surface area contributed by atoms with Gasteiger partial charge < -0.3 is 14.9 Å². The molecule has 4 nitrogen and oxygen atoms in total. The van der Waals surface area contributed by atoms with E-state index in [1.54, 1.807) is 12.1 Å². The fourth-order valence-electron chi connectivity index (χ4n) is 2.19. The van der Waals surface area contributed by atoms with E-state index in [4.69, 9.17) is 14.9 Å². The Morgan fingerprint density at radius 1 is 1.05 bits per heavy atom. The fraction of sp³-hybridized carbons (Fsp3) is 0.133. The van der Waals surface area contributed by atoms with E-state index in [1.807, 2.05) is 24.3 Å². The molecule has 0 saturated heterocycles. The van der Waals surface area contributed by atoms with E-state index in [0.29, 0.717) is 12.2 Å². The Balaban J connectivity index is 0.00000147. The predicted molar refractivity (Wildman–Crippen MR) is 75.5 cm³/mol. The molecule has 2 aromatic carbocycles. The van der Waals surface area contributed by atoms with Crippen molar-refractivity contribution in [1.29, 1.82) is 0 Å². The fourth-order valence-corrected chi connectivity index (χ4v) is 2.19. The summed E-state index contributed by atoms with van der Waals surface area (Å²) in [4.78, 5) is 11.5. The number of benzene rings is 2. The summed E-state index contributed by atoms with van der Waals surface area (Å²) in [5.41, 5.74) is 2.19. The van der Waals surface area contributed by atoms with Gasteiger partial charge in [-0.3, -0.25) is 4.79 Å². The minimum absolute atomic E-state index is 0. The van der Waals surface area contributed by atoms with Crippen molar-refractivity contribution in [3.63, 3.8) is 0 Å².